The fourth-order valence-corrected chi connectivity index (χ4v) is 4.48. The van der Waals surface area contributed by atoms with Gasteiger partial charge in [0.15, 0.2) is 0 Å². The highest BCUT2D eigenvalue weighted by molar-refractivity contribution is 9.10. The van der Waals surface area contributed by atoms with Gasteiger partial charge in [0.1, 0.15) is 12.4 Å². The molecule has 0 atom stereocenters. The molecular weight excluding hydrogens is 667 g/mol. The third kappa shape index (κ3) is 9.04. The van der Waals surface area contributed by atoms with Gasteiger partial charge in [0, 0.05) is 28.2 Å². The number of amides is 2. The molecule has 0 radical (unpaired) electrons. The molecule has 0 aliphatic heterocycles. The average molecular weight is 699 g/mol. The number of fused-ring (bicyclic) bond motifs is 1. The van der Waals surface area contributed by atoms with Crippen molar-refractivity contribution in [1.82, 2.24) is 15.3 Å². The Bertz CT molecular complexity index is 1590. The van der Waals surface area contributed by atoms with Crippen LogP contribution < -0.4 is 20.7 Å². The van der Waals surface area contributed by atoms with Crippen molar-refractivity contribution in [3.05, 3.63) is 74.2 Å². The van der Waals surface area contributed by atoms with Crippen molar-refractivity contribution in [1.29, 1.82) is 0 Å². The molecular formula is C30H32BrCl2F2N5O3. The van der Waals surface area contributed by atoms with Gasteiger partial charge in [-0.05, 0) is 42.0 Å². The molecule has 2 amide bonds. The number of carbonyl (C=O) groups is 2. The Hall–Kier alpha value is -3.41. The molecule has 0 aliphatic rings. The van der Waals surface area contributed by atoms with Crippen LogP contribution >= 0.6 is 39.1 Å². The fraction of sp³-hybridized carbons (Fsp3) is 0.300. The second-order valence-corrected chi connectivity index (χ2v) is 11.8. The number of aromatic nitrogens is 2. The largest absolute Gasteiger partial charge is 0.487 e. The quantitative estimate of drug-likeness (QED) is 0.140. The molecule has 43 heavy (non-hydrogen) atoms. The Balaban J connectivity index is 0.00000248. The Labute approximate surface area is 267 Å². The minimum absolute atomic E-state index is 0.0314. The van der Waals surface area contributed by atoms with E-state index in [4.69, 9.17) is 27.9 Å². The topological polar surface area (TPSA) is 108 Å². The molecule has 0 saturated heterocycles. The number of rotatable bonds is 9. The molecule has 0 spiro atoms. The molecule has 0 saturated carbocycles. The Morgan fingerprint density at radius 1 is 1.07 bits per heavy atom. The van der Waals surface area contributed by atoms with E-state index in [1.54, 1.807) is 57.2 Å². The van der Waals surface area contributed by atoms with Gasteiger partial charge < -0.3 is 25.7 Å². The van der Waals surface area contributed by atoms with E-state index in [-0.39, 0.29) is 34.7 Å². The number of carbonyl (C=O) groups excluding carboxylic acids is 2. The standard InChI is InChI=1S/C28H26BrCl2F2N5O3.C2H6/c1-28(2,3)26(40)34-12-14-4-9-18(30)24(23(14)31)38-27-36-19-10-17(21(11-20(19)37-27)41-13-22(32)33)25(39)35-16-7-5-15(29)6-8-16;1-2/h4-11,22H,12-13H2,1-3H3,(H,34,40)(H,35,39)(H2,36,37,38);1-2H3. The van der Waals surface area contributed by atoms with E-state index in [0.29, 0.717) is 33.0 Å². The molecule has 4 rings (SSSR count). The highest BCUT2D eigenvalue weighted by Crippen LogP contribution is 2.36. The smallest absolute Gasteiger partial charge is 0.272 e. The van der Waals surface area contributed by atoms with Crippen molar-refractivity contribution >= 4 is 79.3 Å². The number of hydrogen-bond donors (Lipinski definition) is 4. The second-order valence-electron chi connectivity index (χ2n) is 10.1. The molecule has 13 heteroatoms. The van der Waals surface area contributed by atoms with Gasteiger partial charge in [-0.2, -0.15) is 0 Å². The van der Waals surface area contributed by atoms with E-state index in [1.807, 2.05) is 13.8 Å². The molecule has 3 aromatic carbocycles. The summed E-state index contributed by atoms with van der Waals surface area (Å²) in [5.74, 6) is -0.526. The summed E-state index contributed by atoms with van der Waals surface area (Å²) < 4.78 is 32.0. The van der Waals surface area contributed by atoms with E-state index in [0.717, 1.165) is 4.47 Å². The number of alkyl halides is 2. The number of benzene rings is 3. The third-order valence-corrected chi connectivity index (χ3v) is 7.11. The summed E-state index contributed by atoms with van der Waals surface area (Å²) in [5.41, 5.74) is 1.72. The Morgan fingerprint density at radius 2 is 1.74 bits per heavy atom. The van der Waals surface area contributed by atoms with Crippen molar-refractivity contribution in [2.24, 2.45) is 5.41 Å². The van der Waals surface area contributed by atoms with Crippen molar-refractivity contribution in [2.45, 2.75) is 47.6 Å². The number of imidazole rings is 1. The highest BCUT2D eigenvalue weighted by atomic mass is 79.9. The molecule has 0 fully saturated rings. The number of halogens is 5. The lowest BCUT2D eigenvalue weighted by Crippen LogP contribution is -2.34. The Morgan fingerprint density at radius 3 is 2.37 bits per heavy atom. The maximum absolute atomic E-state index is 13.1. The van der Waals surface area contributed by atoms with Crippen LogP contribution in [-0.2, 0) is 11.3 Å². The van der Waals surface area contributed by atoms with Crippen LogP contribution in [-0.4, -0.2) is 34.8 Å². The molecule has 8 nitrogen and oxygen atoms in total. The van der Waals surface area contributed by atoms with Gasteiger partial charge in [0.25, 0.3) is 12.3 Å². The summed E-state index contributed by atoms with van der Waals surface area (Å²) >= 11 is 16.4. The third-order valence-electron chi connectivity index (χ3n) is 5.83. The van der Waals surface area contributed by atoms with Crippen LogP contribution in [0.2, 0.25) is 10.0 Å². The maximum atomic E-state index is 13.1. The maximum Gasteiger partial charge on any atom is 0.272 e. The molecule has 0 aliphatic carbocycles. The molecule has 4 aromatic rings. The molecule has 1 aromatic heterocycles. The van der Waals surface area contributed by atoms with Gasteiger partial charge in [-0.15, -0.1) is 0 Å². The van der Waals surface area contributed by atoms with Gasteiger partial charge in [0.05, 0.1) is 32.3 Å². The molecule has 1 heterocycles. The number of ether oxygens (including phenoxy) is 1. The van der Waals surface area contributed by atoms with Crippen LogP contribution in [0.1, 0.15) is 50.5 Å². The zero-order chi connectivity index (χ0) is 31.9. The average Bonchev–Trinajstić information content (AvgIpc) is 3.36. The van der Waals surface area contributed by atoms with E-state index in [2.05, 4.69) is 41.8 Å². The van der Waals surface area contributed by atoms with Crippen LogP contribution in [0.3, 0.4) is 0 Å². The summed E-state index contributed by atoms with van der Waals surface area (Å²) in [6.07, 6.45) is -2.74. The molecule has 0 bridgehead atoms. The Kier molecular flexibility index (Phi) is 11.8. The van der Waals surface area contributed by atoms with Crippen molar-refractivity contribution < 1.29 is 23.1 Å². The number of nitrogens with zero attached hydrogens (tertiary/aromatic N) is 1. The van der Waals surface area contributed by atoms with Gasteiger partial charge >= 0.3 is 0 Å². The van der Waals surface area contributed by atoms with E-state index < -0.39 is 24.4 Å². The molecule has 230 valence electrons. The summed E-state index contributed by atoms with van der Waals surface area (Å²) in [5, 5.41) is 9.21. The summed E-state index contributed by atoms with van der Waals surface area (Å²) in [6, 6.07) is 13.1. The SMILES string of the molecule is CC.CC(C)(C)C(=O)NCc1ccc(Cl)c(Nc2nc3cc(OCC(F)F)c(C(=O)Nc4ccc(Br)cc4)cc3[nH]2)c1Cl. The van der Waals surface area contributed by atoms with Crippen LogP contribution in [0, 0.1) is 5.41 Å². The minimum atomic E-state index is -2.74. The summed E-state index contributed by atoms with van der Waals surface area (Å²) in [7, 11) is 0. The van der Waals surface area contributed by atoms with E-state index >= 15 is 0 Å². The lowest BCUT2D eigenvalue weighted by atomic mass is 9.95. The van der Waals surface area contributed by atoms with Crippen molar-refractivity contribution in [2.75, 3.05) is 17.2 Å². The van der Waals surface area contributed by atoms with Gasteiger partial charge in [-0.25, -0.2) is 13.8 Å². The molecule has 4 N–H and O–H groups in total. The highest BCUT2D eigenvalue weighted by Gasteiger charge is 2.22. The lowest BCUT2D eigenvalue weighted by Gasteiger charge is -2.19. The monoisotopic (exact) mass is 697 g/mol. The predicted octanol–water partition coefficient (Wildman–Crippen LogP) is 8.96. The summed E-state index contributed by atoms with van der Waals surface area (Å²) in [4.78, 5) is 32.9. The first-order valence-corrected chi connectivity index (χ1v) is 14.9. The predicted molar refractivity (Wildman–Crippen MR) is 172 cm³/mol. The first kappa shape index (κ1) is 34.1. The van der Waals surface area contributed by atoms with Gasteiger partial charge in [0.2, 0.25) is 11.9 Å². The minimum Gasteiger partial charge on any atom is -0.487 e. The van der Waals surface area contributed by atoms with Gasteiger partial charge in [-0.3, -0.25) is 9.59 Å². The fourth-order valence-electron chi connectivity index (χ4n) is 3.68. The first-order chi connectivity index (χ1) is 20.3. The number of H-pyrrole nitrogens is 1. The van der Waals surface area contributed by atoms with Crippen LogP contribution in [0.5, 0.6) is 5.75 Å². The molecule has 0 unspecified atom stereocenters. The van der Waals surface area contributed by atoms with Crippen LogP contribution in [0.25, 0.3) is 11.0 Å². The number of aromatic amines is 1. The zero-order valence-electron chi connectivity index (χ0n) is 24.2. The van der Waals surface area contributed by atoms with Gasteiger partial charge in [-0.1, -0.05) is 79.8 Å². The van der Waals surface area contributed by atoms with Crippen molar-refractivity contribution in [3.8, 4) is 5.75 Å². The van der Waals surface area contributed by atoms with Crippen molar-refractivity contribution in [3.63, 3.8) is 0 Å². The van der Waals surface area contributed by atoms with Crippen LogP contribution in [0.15, 0.2) is 53.0 Å². The first-order valence-electron chi connectivity index (χ1n) is 13.4. The van der Waals surface area contributed by atoms with Crippen LogP contribution in [0.4, 0.5) is 26.1 Å². The summed E-state index contributed by atoms with van der Waals surface area (Å²) in [6.45, 7) is 8.70. The second kappa shape index (κ2) is 14.9. The zero-order valence-corrected chi connectivity index (χ0v) is 27.3. The number of nitrogens with one attached hydrogen (secondary N) is 4. The van der Waals surface area contributed by atoms with E-state index in [1.165, 1.54) is 12.1 Å². The number of hydrogen-bond acceptors (Lipinski definition) is 5. The number of anilines is 3. The lowest BCUT2D eigenvalue weighted by molar-refractivity contribution is -0.128. The normalized spacial score (nSPS) is 11.1. The van der Waals surface area contributed by atoms with E-state index in [9.17, 15) is 18.4 Å².